The largest absolute Gasteiger partial charge is 0.462 e. The molecular weight excluding hydrogens is 276 g/mol. The Labute approximate surface area is 131 Å². The minimum atomic E-state index is -0.238. The number of hydrogen-bond acceptors (Lipinski definition) is 3. The van der Waals surface area contributed by atoms with Crippen LogP contribution in [0.1, 0.15) is 37.3 Å². The highest BCUT2D eigenvalue weighted by Crippen LogP contribution is 2.39. The average molecular weight is 298 g/mol. The smallest absolute Gasteiger partial charge is 0.333 e. The van der Waals surface area contributed by atoms with Crippen LogP contribution < -0.4 is 0 Å². The van der Waals surface area contributed by atoms with E-state index in [-0.39, 0.29) is 5.97 Å². The van der Waals surface area contributed by atoms with Gasteiger partial charge in [-0.1, -0.05) is 36.9 Å². The molecule has 3 heteroatoms. The second-order valence-electron chi connectivity index (χ2n) is 6.15. The highest BCUT2D eigenvalue weighted by atomic mass is 16.6. The highest BCUT2D eigenvalue weighted by Gasteiger charge is 2.43. The summed E-state index contributed by atoms with van der Waals surface area (Å²) in [5, 5.41) is 0. The third-order valence-electron chi connectivity index (χ3n) is 4.47. The van der Waals surface area contributed by atoms with Crippen molar-refractivity contribution in [1.29, 1.82) is 0 Å². The zero-order valence-electron chi connectivity index (χ0n) is 13.0. The molecule has 1 aliphatic carbocycles. The predicted octanol–water partition coefficient (Wildman–Crippen LogP) is 3.84. The summed E-state index contributed by atoms with van der Waals surface area (Å²) in [4.78, 5) is 12.1. The second-order valence-corrected chi connectivity index (χ2v) is 6.15. The normalized spacial score (nSPS) is 27.0. The lowest BCUT2D eigenvalue weighted by Crippen LogP contribution is -2.20. The van der Waals surface area contributed by atoms with E-state index in [2.05, 4.69) is 6.58 Å². The van der Waals surface area contributed by atoms with E-state index in [0.29, 0.717) is 30.3 Å². The fraction of sp³-hybridized carbons (Fsp3) is 0.421. The van der Waals surface area contributed by atoms with Crippen molar-refractivity contribution in [2.75, 3.05) is 6.61 Å². The summed E-state index contributed by atoms with van der Waals surface area (Å²) < 4.78 is 11.0. The Morgan fingerprint density at radius 1 is 1.32 bits per heavy atom. The quantitative estimate of drug-likeness (QED) is 0.471. The molecule has 1 aliphatic heterocycles. The van der Waals surface area contributed by atoms with Crippen LogP contribution in [0, 0.1) is 5.92 Å². The Morgan fingerprint density at radius 3 is 2.82 bits per heavy atom. The van der Waals surface area contributed by atoms with Crippen molar-refractivity contribution in [2.24, 2.45) is 5.92 Å². The maximum absolute atomic E-state index is 12.1. The van der Waals surface area contributed by atoms with Crippen LogP contribution in [0.3, 0.4) is 0 Å². The monoisotopic (exact) mass is 298 g/mol. The van der Waals surface area contributed by atoms with Crippen LogP contribution >= 0.6 is 0 Å². The van der Waals surface area contributed by atoms with Crippen molar-refractivity contribution in [3.8, 4) is 0 Å². The minimum Gasteiger partial charge on any atom is -0.462 e. The highest BCUT2D eigenvalue weighted by molar-refractivity contribution is 5.93. The van der Waals surface area contributed by atoms with Crippen molar-refractivity contribution in [2.45, 2.75) is 38.4 Å². The lowest BCUT2D eigenvalue weighted by atomic mass is 9.90. The Morgan fingerprint density at radius 2 is 2.09 bits per heavy atom. The molecule has 0 bridgehead atoms. The molecule has 0 amide bonds. The lowest BCUT2D eigenvalue weighted by molar-refractivity contribution is -0.140. The van der Waals surface area contributed by atoms with Crippen LogP contribution in [0.4, 0.5) is 0 Å². The maximum atomic E-state index is 12.1. The maximum Gasteiger partial charge on any atom is 0.333 e. The number of epoxide rings is 1. The van der Waals surface area contributed by atoms with E-state index in [1.54, 1.807) is 13.0 Å². The molecule has 1 heterocycles. The Kier molecular flexibility index (Phi) is 4.44. The van der Waals surface area contributed by atoms with E-state index < -0.39 is 0 Å². The number of ether oxygens (including phenoxy) is 2. The summed E-state index contributed by atoms with van der Waals surface area (Å²) in [5.74, 6) is 0.207. The second kappa shape index (κ2) is 6.49. The molecule has 0 radical (unpaired) electrons. The molecule has 22 heavy (non-hydrogen) atoms. The van der Waals surface area contributed by atoms with Gasteiger partial charge in [-0.25, -0.2) is 4.79 Å². The van der Waals surface area contributed by atoms with E-state index >= 15 is 0 Å². The number of benzene rings is 1. The van der Waals surface area contributed by atoms with Gasteiger partial charge < -0.3 is 9.47 Å². The molecule has 0 N–H and O–H groups in total. The fourth-order valence-corrected chi connectivity index (χ4v) is 3.07. The molecule has 3 atom stereocenters. The first kappa shape index (κ1) is 15.0. The molecule has 1 saturated heterocycles. The summed E-state index contributed by atoms with van der Waals surface area (Å²) >= 11 is 0. The van der Waals surface area contributed by atoms with Gasteiger partial charge in [-0.3, -0.25) is 0 Å². The van der Waals surface area contributed by atoms with E-state index in [9.17, 15) is 4.79 Å². The number of esters is 1. The van der Waals surface area contributed by atoms with Crippen molar-refractivity contribution < 1.29 is 14.3 Å². The zero-order valence-corrected chi connectivity index (χ0v) is 13.0. The lowest BCUT2D eigenvalue weighted by Gasteiger charge is -2.18. The van der Waals surface area contributed by atoms with Crippen LogP contribution in [0.2, 0.25) is 0 Å². The number of rotatable bonds is 5. The van der Waals surface area contributed by atoms with Gasteiger partial charge in [-0.05, 0) is 49.3 Å². The van der Waals surface area contributed by atoms with E-state index in [4.69, 9.17) is 9.47 Å². The van der Waals surface area contributed by atoms with Gasteiger partial charge in [0.25, 0.3) is 0 Å². The van der Waals surface area contributed by atoms with Gasteiger partial charge in [-0.2, -0.15) is 0 Å². The number of hydrogen-bond donors (Lipinski definition) is 0. The topological polar surface area (TPSA) is 38.8 Å². The molecule has 1 aromatic carbocycles. The van der Waals surface area contributed by atoms with Gasteiger partial charge in [-0.15, -0.1) is 0 Å². The molecule has 0 spiro atoms. The number of carbonyl (C=O) groups is 1. The fourth-order valence-electron chi connectivity index (χ4n) is 3.07. The average Bonchev–Trinajstić information content (AvgIpc) is 3.31. The summed E-state index contributed by atoms with van der Waals surface area (Å²) in [5.41, 5.74) is 2.61. The summed E-state index contributed by atoms with van der Waals surface area (Å²) in [6.07, 6.45) is 7.79. The van der Waals surface area contributed by atoms with E-state index in [0.717, 1.165) is 30.4 Å². The Bertz CT molecular complexity index is 602. The van der Waals surface area contributed by atoms with Crippen molar-refractivity contribution >= 4 is 18.1 Å². The van der Waals surface area contributed by atoms with Crippen LogP contribution in [0.25, 0.3) is 12.2 Å². The molecular formula is C19H22O3. The first-order chi connectivity index (χ1) is 10.7. The van der Waals surface area contributed by atoms with Crippen molar-refractivity contribution in [3.05, 3.63) is 47.5 Å². The van der Waals surface area contributed by atoms with Gasteiger partial charge in [0, 0.05) is 5.57 Å². The van der Waals surface area contributed by atoms with Crippen LogP contribution in [-0.2, 0) is 14.3 Å². The van der Waals surface area contributed by atoms with E-state index in [1.165, 1.54) is 0 Å². The van der Waals surface area contributed by atoms with Crippen molar-refractivity contribution in [1.82, 2.24) is 0 Å². The van der Waals surface area contributed by atoms with Crippen LogP contribution in [0.15, 0.2) is 36.4 Å². The minimum absolute atomic E-state index is 0.238. The van der Waals surface area contributed by atoms with E-state index in [1.807, 2.05) is 30.3 Å². The molecule has 3 unspecified atom stereocenters. The van der Waals surface area contributed by atoms with Gasteiger partial charge in [0.1, 0.15) is 0 Å². The summed E-state index contributed by atoms with van der Waals surface area (Å²) in [6, 6.07) is 7.86. The van der Waals surface area contributed by atoms with Gasteiger partial charge in [0.2, 0.25) is 0 Å². The molecule has 0 aromatic heterocycles. The van der Waals surface area contributed by atoms with Crippen LogP contribution in [0.5, 0.6) is 0 Å². The van der Waals surface area contributed by atoms with Gasteiger partial charge >= 0.3 is 5.97 Å². The SMILES string of the molecule is C=Cc1ccccc1/C=C(\C)C(=O)OCC1CCC2OC2C1. The van der Waals surface area contributed by atoms with Crippen molar-refractivity contribution in [3.63, 3.8) is 0 Å². The molecule has 1 saturated carbocycles. The molecule has 1 aromatic rings. The van der Waals surface area contributed by atoms with Gasteiger partial charge in [0.05, 0.1) is 18.8 Å². The molecule has 116 valence electrons. The Balaban J connectivity index is 1.56. The molecule has 2 fully saturated rings. The first-order valence-corrected chi connectivity index (χ1v) is 7.89. The third kappa shape index (κ3) is 3.47. The number of fused-ring (bicyclic) bond motifs is 1. The van der Waals surface area contributed by atoms with Gasteiger partial charge in [0.15, 0.2) is 0 Å². The Hall–Kier alpha value is -1.87. The van der Waals surface area contributed by atoms with Crippen LogP contribution in [-0.4, -0.2) is 24.8 Å². The number of carbonyl (C=O) groups excluding carboxylic acids is 1. The zero-order chi connectivity index (χ0) is 15.5. The molecule has 3 nitrogen and oxygen atoms in total. The summed E-state index contributed by atoms with van der Waals surface area (Å²) in [7, 11) is 0. The first-order valence-electron chi connectivity index (χ1n) is 7.89. The third-order valence-corrected chi connectivity index (χ3v) is 4.47. The predicted molar refractivity (Wildman–Crippen MR) is 87.1 cm³/mol. The standard InChI is InChI=1S/C19H22O3/c1-3-15-6-4-5-7-16(15)10-13(2)19(20)21-12-14-8-9-17-18(11-14)22-17/h3-7,10,14,17-18H,1,8-9,11-12H2,2H3/b13-10+. The molecule has 2 aliphatic rings. The molecule has 3 rings (SSSR count). The summed E-state index contributed by atoms with van der Waals surface area (Å²) in [6.45, 7) is 6.09.